The first-order valence-electron chi connectivity index (χ1n) is 4.24. The Hall–Kier alpha value is -0.570. The van der Waals surface area contributed by atoms with Gasteiger partial charge < -0.3 is 5.11 Å². The van der Waals surface area contributed by atoms with Crippen LogP contribution in [0.5, 0.6) is 0 Å². The lowest BCUT2D eigenvalue weighted by Gasteiger charge is -2.12. The summed E-state index contributed by atoms with van der Waals surface area (Å²) in [7, 11) is 0. The van der Waals surface area contributed by atoms with Gasteiger partial charge in [0.2, 0.25) is 0 Å². The molecule has 0 bridgehead atoms. The molecule has 3 heteroatoms. The maximum Gasteiger partial charge on any atom is 0.307 e. The number of hydrogen-bond donors (Lipinski definition) is 1. The summed E-state index contributed by atoms with van der Waals surface area (Å²) in [5.74, 6) is -0.695. The van der Waals surface area contributed by atoms with Crippen LogP contribution < -0.4 is 0 Å². The Labute approximate surface area is 66.0 Å². The third kappa shape index (κ3) is 1.13. The summed E-state index contributed by atoms with van der Waals surface area (Å²) >= 11 is 0. The summed E-state index contributed by atoms with van der Waals surface area (Å²) in [6, 6.07) is 0.594. The van der Waals surface area contributed by atoms with E-state index in [1.165, 1.54) is 12.8 Å². The first-order valence-corrected chi connectivity index (χ1v) is 4.24. The zero-order valence-electron chi connectivity index (χ0n) is 6.49. The fourth-order valence-electron chi connectivity index (χ4n) is 2.27. The van der Waals surface area contributed by atoms with E-state index < -0.39 is 5.97 Å². The lowest BCUT2D eigenvalue weighted by Crippen LogP contribution is -2.23. The van der Waals surface area contributed by atoms with Crippen LogP contribution in [-0.4, -0.2) is 35.1 Å². The molecule has 0 spiro atoms. The van der Waals surface area contributed by atoms with Gasteiger partial charge in [-0.15, -0.1) is 0 Å². The number of carboxylic acids is 1. The van der Waals surface area contributed by atoms with Crippen molar-refractivity contribution in [1.29, 1.82) is 0 Å². The Balaban J connectivity index is 1.99. The van der Waals surface area contributed by atoms with Crippen molar-refractivity contribution in [2.24, 2.45) is 5.92 Å². The molecular weight excluding hydrogens is 142 g/mol. The van der Waals surface area contributed by atoms with Gasteiger partial charge in [-0.3, -0.25) is 9.69 Å². The summed E-state index contributed by atoms with van der Waals surface area (Å²) in [4.78, 5) is 12.9. The van der Waals surface area contributed by atoms with Crippen LogP contribution in [0.1, 0.15) is 19.3 Å². The van der Waals surface area contributed by atoms with E-state index in [9.17, 15) is 4.79 Å². The van der Waals surface area contributed by atoms with E-state index in [0.29, 0.717) is 6.04 Å². The van der Waals surface area contributed by atoms with Crippen molar-refractivity contribution >= 4 is 5.97 Å². The quantitative estimate of drug-likeness (QED) is 0.601. The summed E-state index contributed by atoms with van der Waals surface area (Å²) in [6.45, 7) is 1.91. The minimum absolute atomic E-state index is 0.0831. The van der Waals surface area contributed by atoms with Crippen LogP contribution in [0, 0.1) is 5.92 Å². The maximum atomic E-state index is 10.6. The number of fused-ring (bicyclic) bond motifs is 1. The molecule has 3 nitrogen and oxygen atoms in total. The van der Waals surface area contributed by atoms with Gasteiger partial charge in [0.15, 0.2) is 0 Å². The highest BCUT2D eigenvalue weighted by Crippen LogP contribution is 2.31. The second kappa shape index (κ2) is 2.48. The Morgan fingerprint density at radius 1 is 1.55 bits per heavy atom. The molecule has 2 rings (SSSR count). The minimum Gasteiger partial charge on any atom is -0.481 e. The first-order chi connectivity index (χ1) is 5.27. The topological polar surface area (TPSA) is 40.5 Å². The van der Waals surface area contributed by atoms with Gasteiger partial charge >= 0.3 is 5.97 Å². The average Bonchev–Trinajstić information content (AvgIpc) is 2.40. The fourth-order valence-corrected chi connectivity index (χ4v) is 2.27. The van der Waals surface area contributed by atoms with Crippen LogP contribution in [0.3, 0.4) is 0 Å². The molecule has 0 aromatic heterocycles. The van der Waals surface area contributed by atoms with E-state index in [2.05, 4.69) is 4.90 Å². The normalized spacial score (nSPS) is 37.5. The molecule has 2 saturated heterocycles. The lowest BCUT2D eigenvalue weighted by atomic mass is 10.0. The van der Waals surface area contributed by atoms with Crippen LogP contribution >= 0.6 is 0 Å². The van der Waals surface area contributed by atoms with E-state index in [4.69, 9.17) is 5.11 Å². The van der Waals surface area contributed by atoms with E-state index in [1.54, 1.807) is 0 Å². The number of aliphatic carboxylic acids is 1. The molecule has 2 fully saturated rings. The average molecular weight is 155 g/mol. The molecule has 0 aromatic rings. The summed E-state index contributed by atoms with van der Waals surface area (Å²) in [5, 5.41) is 8.74. The van der Waals surface area contributed by atoms with Gasteiger partial charge in [0.25, 0.3) is 0 Å². The van der Waals surface area contributed by atoms with Crippen molar-refractivity contribution in [3.8, 4) is 0 Å². The molecule has 0 saturated carbocycles. The third-order valence-electron chi connectivity index (χ3n) is 2.86. The third-order valence-corrected chi connectivity index (χ3v) is 2.86. The predicted molar refractivity (Wildman–Crippen MR) is 40.3 cm³/mol. The monoisotopic (exact) mass is 155 g/mol. The van der Waals surface area contributed by atoms with Crippen molar-refractivity contribution in [1.82, 2.24) is 4.90 Å². The molecule has 2 heterocycles. The molecule has 0 aliphatic carbocycles. The Morgan fingerprint density at radius 2 is 2.36 bits per heavy atom. The largest absolute Gasteiger partial charge is 0.481 e. The fraction of sp³-hybridized carbons (Fsp3) is 0.875. The molecule has 11 heavy (non-hydrogen) atoms. The van der Waals surface area contributed by atoms with Gasteiger partial charge in [-0.05, 0) is 25.8 Å². The predicted octanol–water partition coefficient (Wildman–Crippen LogP) is 0.555. The van der Waals surface area contributed by atoms with Crippen molar-refractivity contribution in [2.75, 3.05) is 13.1 Å². The number of carboxylic acid groups (broad SMARTS) is 1. The lowest BCUT2D eigenvalue weighted by molar-refractivity contribution is -0.141. The summed E-state index contributed by atoms with van der Waals surface area (Å²) < 4.78 is 0. The van der Waals surface area contributed by atoms with Crippen LogP contribution in [-0.2, 0) is 4.79 Å². The maximum absolute atomic E-state index is 10.6. The number of hydrogen-bond acceptors (Lipinski definition) is 2. The Kier molecular flexibility index (Phi) is 1.60. The van der Waals surface area contributed by atoms with E-state index >= 15 is 0 Å². The highest BCUT2D eigenvalue weighted by Gasteiger charge is 2.38. The molecule has 2 atom stereocenters. The first kappa shape index (κ1) is 7.10. The summed E-state index contributed by atoms with van der Waals surface area (Å²) in [5.41, 5.74) is 0. The van der Waals surface area contributed by atoms with E-state index in [1.807, 2.05) is 0 Å². The van der Waals surface area contributed by atoms with Crippen LogP contribution in [0.2, 0.25) is 0 Å². The van der Waals surface area contributed by atoms with E-state index in [0.717, 1.165) is 19.5 Å². The summed E-state index contributed by atoms with van der Waals surface area (Å²) in [6.07, 6.45) is 3.36. The van der Waals surface area contributed by atoms with Crippen LogP contribution in [0.15, 0.2) is 0 Å². The van der Waals surface area contributed by atoms with Crippen molar-refractivity contribution in [3.05, 3.63) is 0 Å². The van der Waals surface area contributed by atoms with Gasteiger partial charge in [0.1, 0.15) is 0 Å². The van der Waals surface area contributed by atoms with Crippen LogP contribution in [0.25, 0.3) is 0 Å². The van der Waals surface area contributed by atoms with E-state index in [-0.39, 0.29) is 5.92 Å². The second-order valence-corrected chi connectivity index (χ2v) is 3.56. The number of rotatable bonds is 1. The molecular formula is C8H13NO2. The molecule has 62 valence electrons. The molecule has 0 amide bonds. The van der Waals surface area contributed by atoms with Gasteiger partial charge in [0.05, 0.1) is 5.92 Å². The van der Waals surface area contributed by atoms with Gasteiger partial charge in [-0.25, -0.2) is 0 Å². The molecule has 1 N–H and O–H groups in total. The molecule has 0 radical (unpaired) electrons. The Bertz CT molecular complexity index is 169. The number of carbonyl (C=O) groups is 1. The van der Waals surface area contributed by atoms with Gasteiger partial charge in [-0.2, -0.15) is 0 Å². The molecule has 2 aliphatic rings. The van der Waals surface area contributed by atoms with Gasteiger partial charge in [0, 0.05) is 12.6 Å². The van der Waals surface area contributed by atoms with Crippen molar-refractivity contribution in [3.63, 3.8) is 0 Å². The minimum atomic E-state index is -0.612. The molecule has 2 unspecified atom stereocenters. The zero-order chi connectivity index (χ0) is 7.84. The molecule has 0 aromatic carbocycles. The SMILES string of the molecule is O=C(O)C1CC2CCCN2C1. The number of nitrogens with zero attached hydrogens (tertiary/aromatic N) is 1. The Morgan fingerprint density at radius 3 is 3.00 bits per heavy atom. The zero-order valence-corrected chi connectivity index (χ0v) is 6.49. The molecule has 2 aliphatic heterocycles. The van der Waals surface area contributed by atoms with Gasteiger partial charge in [-0.1, -0.05) is 0 Å². The van der Waals surface area contributed by atoms with Crippen molar-refractivity contribution in [2.45, 2.75) is 25.3 Å². The second-order valence-electron chi connectivity index (χ2n) is 3.56. The highest BCUT2D eigenvalue weighted by molar-refractivity contribution is 5.70. The van der Waals surface area contributed by atoms with Crippen LogP contribution in [0.4, 0.5) is 0 Å². The highest BCUT2D eigenvalue weighted by atomic mass is 16.4. The standard InChI is InChI=1S/C8H13NO2/c10-8(11)6-4-7-2-1-3-9(7)5-6/h6-7H,1-5H2,(H,10,11). The van der Waals surface area contributed by atoms with Crippen molar-refractivity contribution < 1.29 is 9.90 Å². The smallest absolute Gasteiger partial charge is 0.307 e.